The molecule has 1 N–H and O–H groups in total. The first-order valence-corrected chi connectivity index (χ1v) is 20.7. The zero-order valence-electron chi connectivity index (χ0n) is 38.7. The number of ketones is 2. The van der Waals surface area contributed by atoms with Gasteiger partial charge in [-0.2, -0.15) is 10.2 Å². The molecule has 0 atom stereocenters. The van der Waals surface area contributed by atoms with Crippen LogP contribution < -0.4 is 108 Å². The van der Waals surface area contributed by atoms with Crippen molar-refractivity contribution in [3.05, 3.63) is 204 Å². The van der Waals surface area contributed by atoms with Crippen molar-refractivity contribution in [3.8, 4) is 22.8 Å². The second kappa shape index (κ2) is 34.1. The summed E-state index contributed by atoms with van der Waals surface area (Å²) < 4.78 is 43.1. The van der Waals surface area contributed by atoms with E-state index in [1.54, 1.807) is 65.9 Å². The summed E-state index contributed by atoms with van der Waals surface area (Å²) in [5.41, 5.74) is 5.15. The van der Waals surface area contributed by atoms with Gasteiger partial charge in [-0.25, -0.2) is 23.4 Å². The van der Waals surface area contributed by atoms with Gasteiger partial charge >= 0.3 is 103 Å². The minimum absolute atomic E-state index is 0. The molecule has 4 heterocycles. The first kappa shape index (κ1) is 57.1. The molecule has 19 heteroatoms. The predicted octanol–water partition coefficient (Wildman–Crippen LogP) is 2.34. The van der Waals surface area contributed by atoms with E-state index in [0.717, 1.165) is 46.5 Å². The van der Waals surface area contributed by atoms with Crippen LogP contribution in [0.2, 0.25) is 0 Å². The van der Waals surface area contributed by atoms with Crippen molar-refractivity contribution in [2.75, 3.05) is 12.5 Å². The maximum atomic E-state index is 13.1. The number of hydrogen-bond acceptors (Lipinski definition) is 11. The van der Waals surface area contributed by atoms with Crippen molar-refractivity contribution in [1.29, 1.82) is 0 Å². The molecule has 0 amide bonds. The number of pyridine rings is 2. The Morgan fingerprint density at radius 2 is 1.19 bits per heavy atom. The third-order valence-corrected chi connectivity index (χ3v) is 9.39. The van der Waals surface area contributed by atoms with Crippen molar-refractivity contribution in [3.63, 3.8) is 0 Å². The van der Waals surface area contributed by atoms with Crippen LogP contribution in [0.4, 0.5) is 13.2 Å². The normalized spacial score (nSPS) is 9.84. The van der Waals surface area contributed by atoms with Gasteiger partial charge in [0.05, 0.1) is 13.9 Å². The summed E-state index contributed by atoms with van der Waals surface area (Å²) in [6, 6.07) is 38.7. The second-order valence-corrected chi connectivity index (χ2v) is 13.8. The SMILES string of the molecule is Fc1ccc(CCc2nc(-c3cccnc3)n[nH]2)cc1.O=C(CBr)c1ccccc1.O=C(Cn1nc(-c2cccnc2)nc1CCc1ccc(F)cc1)c1ccccc1.O=CO[O-].[2H]CF.[H-].[K+].[K+]. The number of aryl methyl sites for hydroxylation is 4. The minimum atomic E-state index is -1.00. The van der Waals surface area contributed by atoms with Gasteiger partial charge in [0.15, 0.2) is 23.2 Å². The van der Waals surface area contributed by atoms with Crippen LogP contribution in [-0.2, 0) is 41.9 Å². The van der Waals surface area contributed by atoms with Gasteiger partial charge in [0.1, 0.15) is 29.8 Å². The molecule has 8 rings (SSSR count). The number of carbonyl (C=O) groups is 3. The summed E-state index contributed by atoms with van der Waals surface area (Å²) in [4.78, 5) is 52.1. The Kier molecular flexibility index (Phi) is 29.1. The average molecular weight is 1030 g/mol. The number of alkyl halides is 2. The van der Waals surface area contributed by atoms with Crippen molar-refractivity contribution < 1.29 is 143 Å². The Morgan fingerprint density at radius 1 is 0.716 bits per heavy atom. The molecule has 0 aliphatic carbocycles. The Bertz CT molecular complexity index is 2630. The second-order valence-electron chi connectivity index (χ2n) is 13.3. The van der Waals surface area contributed by atoms with Gasteiger partial charge in [0.25, 0.3) is 6.47 Å². The van der Waals surface area contributed by atoms with Gasteiger partial charge < -0.3 is 11.6 Å². The quantitative estimate of drug-likeness (QED) is 0.0422. The van der Waals surface area contributed by atoms with Crippen molar-refractivity contribution in [1.82, 2.24) is 39.9 Å². The standard InChI is InChI=1S/C23H19FN4O.C15H13FN4.C8H7BrO.CH3F.CH2O3.2K.H/c24-20-11-8-17(9-12-20)10-13-22-26-23(19-7-4-14-25-15-19)27-28(22)16-21(29)18-5-2-1-3-6-18;16-13-6-3-11(4-7-13)5-8-14-18-15(20-19-14)12-2-1-9-17-10-12;9-6-8(10)7-4-2-1-3-5-7;1-2;2-1-4-3;;;/h1-9,11-12,14-15H,10,13,16H2;1-4,6-7,9-10H,5,8H2,(H,18,19,20);1-5H,6H2;1H3;1,3H;;;/q;;;;;2*+1;-1/p-1/i;;;1D;;;;. The van der Waals surface area contributed by atoms with Crippen LogP contribution >= 0.6 is 15.9 Å². The predicted molar refractivity (Wildman–Crippen MR) is 241 cm³/mol. The van der Waals surface area contributed by atoms with E-state index in [9.17, 15) is 22.8 Å². The first-order valence-electron chi connectivity index (χ1n) is 20.3. The molecule has 336 valence electrons. The molecule has 0 spiro atoms. The summed E-state index contributed by atoms with van der Waals surface area (Å²) >= 11 is 3.10. The number of aromatic amines is 1. The maximum absolute atomic E-state index is 13.1. The number of rotatable bonds is 14. The fourth-order valence-corrected chi connectivity index (χ4v) is 6.03. The van der Waals surface area contributed by atoms with E-state index in [1.807, 2.05) is 72.8 Å². The molecule has 0 aliphatic heterocycles. The minimum Gasteiger partial charge on any atom is -1.00 e. The zero-order chi connectivity index (χ0) is 47.4. The van der Waals surface area contributed by atoms with Crippen LogP contribution in [0.15, 0.2) is 158 Å². The molecule has 0 bridgehead atoms. The molecule has 0 radical (unpaired) electrons. The van der Waals surface area contributed by atoms with E-state index in [1.165, 1.54) is 24.3 Å². The Balaban J connectivity index is 0.000000516. The van der Waals surface area contributed by atoms with Crippen molar-refractivity contribution in [2.24, 2.45) is 0 Å². The van der Waals surface area contributed by atoms with Gasteiger partial charge in [0, 0.05) is 59.9 Å². The van der Waals surface area contributed by atoms with Crippen molar-refractivity contribution >= 4 is 34.0 Å². The largest absolute Gasteiger partial charge is 1.00 e. The molecule has 0 aliphatic rings. The Labute approximate surface area is 482 Å². The van der Waals surface area contributed by atoms with Gasteiger partial charge in [-0.15, -0.1) is 0 Å². The summed E-state index contributed by atoms with van der Waals surface area (Å²) in [7, 11) is -1.00. The molecule has 8 aromatic rings. The number of nitrogens with one attached hydrogen (secondary N) is 1. The molecule has 0 unspecified atom stereocenters. The van der Waals surface area contributed by atoms with Gasteiger partial charge in [-0.05, 0) is 72.5 Å². The van der Waals surface area contributed by atoms with Gasteiger partial charge in [-0.3, -0.25) is 33.8 Å². The van der Waals surface area contributed by atoms with E-state index in [-0.39, 0.29) is 140 Å². The first-order chi connectivity index (χ1) is 32.2. The molecule has 0 saturated carbocycles. The van der Waals surface area contributed by atoms with Crippen LogP contribution in [0.25, 0.3) is 22.8 Å². The molecule has 4 aromatic carbocycles. The third-order valence-electron chi connectivity index (χ3n) is 8.88. The number of carbonyl (C=O) groups excluding carboxylic acids is 3. The monoisotopic (exact) mass is 1030 g/mol. The van der Waals surface area contributed by atoms with Crippen LogP contribution in [-0.4, -0.2) is 70.4 Å². The van der Waals surface area contributed by atoms with Crippen LogP contribution in [0.1, 0.15) is 46.3 Å². The van der Waals surface area contributed by atoms with E-state index < -0.39 is 7.15 Å². The molecule has 0 fully saturated rings. The maximum Gasteiger partial charge on any atom is 1.00 e. The fourth-order valence-electron chi connectivity index (χ4n) is 5.71. The average Bonchev–Trinajstić information content (AvgIpc) is 4.02. The molecule has 0 saturated heterocycles. The number of Topliss-reactive ketones (excluding diaryl/α,β-unsaturated/α-hetero) is 2. The summed E-state index contributed by atoms with van der Waals surface area (Å²) in [5.74, 6) is 2.32. The van der Waals surface area contributed by atoms with Crippen molar-refractivity contribution in [2.45, 2.75) is 32.2 Å². The number of hydrogen-bond donors (Lipinski definition) is 1. The fraction of sp³-hybridized carbons (Fsp3) is 0.146. The van der Waals surface area contributed by atoms with Crippen LogP contribution in [0, 0.1) is 11.6 Å². The summed E-state index contributed by atoms with van der Waals surface area (Å²) in [6.07, 6.45) is 9.61. The third kappa shape index (κ3) is 21.3. The Morgan fingerprint density at radius 3 is 1.66 bits per heavy atom. The number of halogens is 4. The van der Waals surface area contributed by atoms with E-state index in [0.29, 0.717) is 41.2 Å². The molecule has 67 heavy (non-hydrogen) atoms. The van der Waals surface area contributed by atoms with E-state index >= 15 is 0 Å². The molecule has 13 nitrogen and oxygen atoms in total. The summed E-state index contributed by atoms with van der Waals surface area (Å²) in [5, 5.41) is 20.5. The van der Waals surface area contributed by atoms with E-state index in [2.05, 4.69) is 56.0 Å². The smallest absolute Gasteiger partial charge is 1.00 e. The molecular formula is C48H44BrF3K2N8O5. The topological polar surface area (TPSA) is 182 Å². The zero-order valence-corrected chi connectivity index (χ0v) is 44.6. The van der Waals surface area contributed by atoms with E-state index in [4.69, 9.17) is 11.4 Å². The number of aromatic nitrogens is 8. The number of nitrogens with zero attached hydrogens (tertiary/aromatic N) is 7. The Hall–Kier alpha value is -4.23. The van der Waals surface area contributed by atoms with Gasteiger partial charge in [-0.1, -0.05) is 101 Å². The molecular weight excluding hydrogens is 984 g/mol. The van der Waals surface area contributed by atoms with Crippen LogP contribution in [0.3, 0.4) is 0 Å². The number of benzene rings is 4. The molecule has 4 aromatic heterocycles. The van der Waals surface area contributed by atoms with Crippen LogP contribution in [0.5, 0.6) is 0 Å². The van der Waals surface area contributed by atoms with Gasteiger partial charge in [0.2, 0.25) is 0 Å². The summed E-state index contributed by atoms with van der Waals surface area (Å²) in [6.45, 7) is -0.0734. The number of H-pyrrole nitrogens is 1.